The van der Waals surface area contributed by atoms with Crippen LogP contribution in [-0.2, 0) is 10.2 Å². The van der Waals surface area contributed by atoms with Crippen LogP contribution in [-0.4, -0.2) is 12.3 Å². The van der Waals surface area contributed by atoms with Crippen molar-refractivity contribution in [3.05, 3.63) is 46.3 Å². The quantitative estimate of drug-likeness (QED) is 0.443. The highest BCUT2D eigenvalue weighted by Gasteiger charge is 2.41. The van der Waals surface area contributed by atoms with Crippen LogP contribution in [0.2, 0.25) is 0 Å². The van der Waals surface area contributed by atoms with Crippen LogP contribution < -0.4 is 0 Å². The molecule has 4 nitrogen and oxygen atoms in total. The van der Waals surface area contributed by atoms with Gasteiger partial charge < -0.3 is 0 Å². The van der Waals surface area contributed by atoms with Crippen molar-refractivity contribution < 1.29 is 4.79 Å². The largest absolute Gasteiger partial charge is 0.299 e. The van der Waals surface area contributed by atoms with Gasteiger partial charge in [-0.3, -0.25) is 4.79 Å². The van der Waals surface area contributed by atoms with Gasteiger partial charge in [0, 0.05) is 4.91 Å². The molecule has 0 amide bonds. The number of hydrogen-bond donors (Lipinski definition) is 0. The van der Waals surface area contributed by atoms with E-state index >= 15 is 0 Å². The van der Waals surface area contributed by atoms with Crippen molar-refractivity contribution in [2.75, 3.05) is 6.54 Å². The van der Waals surface area contributed by atoms with Gasteiger partial charge in [0.2, 0.25) is 0 Å². The molecule has 0 N–H and O–H groups in total. The topological polar surface area (TPSA) is 65.8 Å². The van der Waals surface area contributed by atoms with Crippen molar-refractivity contribution in [3.8, 4) is 0 Å². The maximum atomic E-state index is 12.3. The summed E-state index contributed by atoms with van der Waals surface area (Å²) in [4.78, 5) is 14.9. The Morgan fingerprint density at radius 2 is 1.94 bits per heavy atom. The summed E-state index contributed by atoms with van der Waals surface area (Å²) >= 11 is 0. The lowest BCUT2D eigenvalue weighted by atomic mass is 9.75. The predicted molar refractivity (Wildman–Crippen MR) is 65.6 cm³/mol. The van der Waals surface area contributed by atoms with E-state index in [1.807, 2.05) is 30.3 Å². The van der Waals surface area contributed by atoms with Crippen LogP contribution in [0.3, 0.4) is 0 Å². The Balaban J connectivity index is 2.33. The zero-order valence-corrected chi connectivity index (χ0v) is 9.67. The van der Waals surface area contributed by atoms with Gasteiger partial charge in [0.25, 0.3) is 0 Å². The number of nitrogens with zero attached hydrogens (tertiary/aromatic N) is 3. The summed E-state index contributed by atoms with van der Waals surface area (Å²) in [5, 5.41) is 3.42. The van der Waals surface area contributed by atoms with E-state index in [4.69, 9.17) is 5.53 Å². The van der Waals surface area contributed by atoms with Gasteiger partial charge in [-0.25, -0.2) is 0 Å². The standard InChI is InChI=1S/C13H15N3O/c14-16-15-10-12(17)13(8-4-5-9-13)11-6-2-1-3-7-11/h1-3,6-7H,4-5,8-10H2. The molecule has 1 aromatic carbocycles. The van der Waals surface area contributed by atoms with Gasteiger partial charge in [-0.05, 0) is 23.9 Å². The van der Waals surface area contributed by atoms with Crippen LogP contribution in [0.25, 0.3) is 10.4 Å². The maximum absolute atomic E-state index is 12.3. The van der Waals surface area contributed by atoms with Gasteiger partial charge in [-0.2, -0.15) is 0 Å². The molecular weight excluding hydrogens is 214 g/mol. The first-order valence-corrected chi connectivity index (χ1v) is 5.89. The average Bonchev–Trinajstić information content (AvgIpc) is 2.87. The van der Waals surface area contributed by atoms with Crippen molar-refractivity contribution in [3.63, 3.8) is 0 Å². The maximum Gasteiger partial charge on any atom is 0.149 e. The van der Waals surface area contributed by atoms with E-state index in [1.54, 1.807) is 0 Å². The summed E-state index contributed by atoms with van der Waals surface area (Å²) in [6.45, 7) is -0.0363. The summed E-state index contributed by atoms with van der Waals surface area (Å²) in [6, 6.07) is 9.86. The fourth-order valence-electron chi connectivity index (χ4n) is 2.71. The molecule has 1 saturated carbocycles. The fraction of sp³-hybridized carbons (Fsp3) is 0.462. The molecule has 88 valence electrons. The smallest absolute Gasteiger partial charge is 0.149 e. The molecule has 0 aliphatic heterocycles. The molecule has 1 aliphatic rings. The van der Waals surface area contributed by atoms with Crippen LogP contribution in [0, 0.1) is 0 Å². The number of azide groups is 1. The van der Waals surface area contributed by atoms with Gasteiger partial charge in [0.1, 0.15) is 5.78 Å². The third-order valence-electron chi connectivity index (χ3n) is 3.59. The van der Waals surface area contributed by atoms with Crippen molar-refractivity contribution in [2.24, 2.45) is 5.11 Å². The first-order valence-electron chi connectivity index (χ1n) is 5.89. The molecule has 1 aromatic rings. The minimum Gasteiger partial charge on any atom is -0.299 e. The molecule has 4 heteroatoms. The van der Waals surface area contributed by atoms with E-state index in [0.29, 0.717) is 0 Å². The second-order valence-corrected chi connectivity index (χ2v) is 4.47. The molecule has 0 unspecified atom stereocenters. The van der Waals surface area contributed by atoms with Gasteiger partial charge >= 0.3 is 0 Å². The third-order valence-corrected chi connectivity index (χ3v) is 3.59. The van der Waals surface area contributed by atoms with Gasteiger partial charge in [-0.1, -0.05) is 48.3 Å². The Bertz CT molecular complexity index is 443. The summed E-state index contributed by atoms with van der Waals surface area (Å²) in [6.07, 6.45) is 3.88. The summed E-state index contributed by atoms with van der Waals surface area (Å²) < 4.78 is 0. The van der Waals surface area contributed by atoms with Crippen LogP contribution in [0.5, 0.6) is 0 Å². The van der Waals surface area contributed by atoms with Gasteiger partial charge in [0.05, 0.1) is 12.0 Å². The number of ketones is 1. The highest BCUT2D eigenvalue weighted by Crippen LogP contribution is 2.41. The SMILES string of the molecule is [N-]=[N+]=NCC(=O)C1(c2ccccc2)CCCC1. The zero-order valence-electron chi connectivity index (χ0n) is 9.67. The van der Waals surface area contributed by atoms with E-state index in [-0.39, 0.29) is 12.3 Å². The van der Waals surface area contributed by atoms with Crippen molar-refractivity contribution in [1.82, 2.24) is 0 Å². The Kier molecular flexibility index (Phi) is 3.45. The third kappa shape index (κ3) is 2.17. The number of rotatable bonds is 4. The molecule has 0 aromatic heterocycles. The van der Waals surface area contributed by atoms with Gasteiger partial charge in [0.15, 0.2) is 0 Å². The zero-order chi connectivity index (χ0) is 12.1. The molecule has 0 atom stereocenters. The monoisotopic (exact) mass is 229 g/mol. The number of carbonyl (C=O) groups is 1. The van der Waals surface area contributed by atoms with Crippen molar-refractivity contribution in [1.29, 1.82) is 0 Å². The first-order chi connectivity index (χ1) is 8.29. The molecule has 17 heavy (non-hydrogen) atoms. The van der Waals surface area contributed by atoms with E-state index < -0.39 is 5.41 Å². The van der Waals surface area contributed by atoms with Crippen LogP contribution in [0.1, 0.15) is 31.2 Å². The summed E-state index contributed by atoms with van der Waals surface area (Å²) in [5.74, 6) is 0.0546. The summed E-state index contributed by atoms with van der Waals surface area (Å²) in [5.41, 5.74) is 8.98. The summed E-state index contributed by atoms with van der Waals surface area (Å²) in [7, 11) is 0. The normalized spacial score (nSPS) is 17.4. The average molecular weight is 229 g/mol. The molecule has 0 bridgehead atoms. The van der Waals surface area contributed by atoms with Gasteiger partial charge in [-0.15, -0.1) is 0 Å². The van der Waals surface area contributed by atoms with Crippen molar-refractivity contribution >= 4 is 5.78 Å². The number of benzene rings is 1. The minimum absolute atomic E-state index is 0.0363. The Morgan fingerprint density at radius 3 is 2.53 bits per heavy atom. The lowest BCUT2D eigenvalue weighted by molar-refractivity contribution is -0.123. The molecule has 0 radical (unpaired) electrons. The lowest BCUT2D eigenvalue weighted by Gasteiger charge is -2.27. The fourth-order valence-corrected chi connectivity index (χ4v) is 2.71. The molecule has 0 spiro atoms. The highest BCUT2D eigenvalue weighted by molar-refractivity contribution is 5.92. The second kappa shape index (κ2) is 5.02. The van der Waals surface area contributed by atoms with E-state index in [0.717, 1.165) is 31.2 Å². The number of carbonyl (C=O) groups excluding carboxylic acids is 1. The van der Waals surface area contributed by atoms with E-state index in [1.165, 1.54) is 0 Å². The minimum atomic E-state index is -0.407. The highest BCUT2D eigenvalue weighted by atomic mass is 16.1. The number of Topliss-reactive ketones (excluding diaryl/α,β-unsaturated/α-hetero) is 1. The predicted octanol–water partition coefficient (Wildman–Crippen LogP) is 3.38. The molecule has 0 heterocycles. The molecular formula is C13H15N3O. The Labute approximate surface area is 100 Å². The van der Waals surface area contributed by atoms with E-state index in [2.05, 4.69) is 10.0 Å². The van der Waals surface area contributed by atoms with Crippen LogP contribution in [0.4, 0.5) is 0 Å². The molecule has 2 rings (SSSR count). The van der Waals surface area contributed by atoms with Crippen LogP contribution in [0.15, 0.2) is 35.4 Å². The van der Waals surface area contributed by atoms with Crippen molar-refractivity contribution in [2.45, 2.75) is 31.1 Å². The molecule has 1 aliphatic carbocycles. The Hall–Kier alpha value is -1.80. The molecule has 1 fully saturated rings. The number of hydrogen-bond acceptors (Lipinski definition) is 2. The lowest BCUT2D eigenvalue weighted by Crippen LogP contribution is -2.34. The molecule has 0 saturated heterocycles. The van der Waals surface area contributed by atoms with E-state index in [9.17, 15) is 4.79 Å². The second-order valence-electron chi connectivity index (χ2n) is 4.47. The Morgan fingerprint density at radius 1 is 1.29 bits per heavy atom. The first kappa shape index (κ1) is 11.7. The van der Waals surface area contributed by atoms with Crippen LogP contribution >= 0.6 is 0 Å².